The fourth-order valence-electron chi connectivity index (χ4n) is 2.06. The first-order valence-electron chi connectivity index (χ1n) is 5.13. The fourth-order valence-corrected chi connectivity index (χ4v) is 2.06. The van der Waals surface area contributed by atoms with E-state index in [0.29, 0.717) is 0 Å². The second kappa shape index (κ2) is 3.21. The highest BCUT2D eigenvalue weighted by atomic mass is 16.3. The van der Waals surface area contributed by atoms with Gasteiger partial charge in [-0.2, -0.15) is 0 Å². The number of hydrogen-bond donors (Lipinski definition) is 2. The molecule has 15 heavy (non-hydrogen) atoms. The van der Waals surface area contributed by atoms with Gasteiger partial charge in [0, 0.05) is 5.39 Å². The van der Waals surface area contributed by atoms with Crippen molar-refractivity contribution in [2.45, 2.75) is 12.5 Å². The van der Waals surface area contributed by atoms with Gasteiger partial charge in [0.1, 0.15) is 5.82 Å². The highest BCUT2D eigenvalue weighted by molar-refractivity contribution is 5.82. The number of fused-ring (bicyclic) bond motifs is 2. The molecule has 1 aromatic heterocycles. The van der Waals surface area contributed by atoms with Crippen molar-refractivity contribution in [3.63, 3.8) is 0 Å². The molecule has 2 aromatic rings. The molecule has 0 bridgehead atoms. The Morgan fingerprint density at radius 2 is 2.27 bits per heavy atom. The molecule has 2 N–H and O–H groups in total. The summed E-state index contributed by atoms with van der Waals surface area (Å²) in [6.45, 7) is 0.159. The third kappa shape index (κ3) is 1.36. The van der Waals surface area contributed by atoms with Crippen LogP contribution in [0.2, 0.25) is 0 Å². The Kier molecular flexibility index (Phi) is 1.86. The van der Waals surface area contributed by atoms with Crippen LogP contribution in [0.3, 0.4) is 0 Å². The van der Waals surface area contributed by atoms with Gasteiger partial charge >= 0.3 is 0 Å². The molecule has 76 valence electrons. The van der Waals surface area contributed by atoms with E-state index in [9.17, 15) is 0 Å². The van der Waals surface area contributed by atoms with E-state index in [1.165, 1.54) is 5.56 Å². The Bertz CT molecular complexity index is 465. The molecule has 1 aliphatic rings. The van der Waals surface area contributed by atoms with Gasteiger partial charge in [-0.05, 0) is 24.1 Å². The lowest BCUT2D eigenvalue weighted by atomic mass is 10.1. The first-order chi connectivity index (χ1) is 7.36. The molecule has 3 rings (SSSR count). The highest BCUT2D eigenvalue weighted by Crippen LogP contribution is 2.27. The zero-order valence-electron chi connectivity index (χ0n) is 8.27. The van der Waals surface area contributed by atoms with Gasteiger partial charge in [0.15, 0.2) is 0 Å². The molecule has 0 saturated carbocycles. The molecule has 0 amide bonds. The minimum absolute atomic E-state index is 0.129. The van der Waals surface area contributed by atoms with E-state index in [-0.39, 0.29) is 12.6 Å². The van der Waals surface area contributed by atoms with Gasteiger partial charge in [0.05, 0.1) is 18.2 Å². The molecule has 1 aromatic carbocycles. The molecule has 3 nitrogen and oxygen atoms in total. The fraction of sp³-hybridized carbons (Fsp3) is 0.250. The first kappa shape index (κ1) is 8.68. The van der Waals surface area contributed by atoms with Gasteiger partial charge in [-0.25, -0.2) is 4.98 Å². The average Bonchev–Trinajstić information content (AvgIpc) is 2.67. The van der Waals surface area contributed by atoms with Crippen molar-refractivity contribution in [2.75, 3.05) is 11.9 Å². The van der Waals surface area contributed by atoms with Crippen LogP contribution in [0.1, 0.15) is 5.56 Å². The maximum atomic E-state index is 9.09. The lowest BCUT2D eigenvalue weighted by Crippen LogP contribution is -2.19. The second-order valence-corrected chi connectivity index (χ2v) is 3.92. The van der Waals surface area contributed by atoms with E-state index in [0.717, 1.165) is 23.1 Å². The molecular weight excluding hydrogens is 188 g/mol. The number of aliphatic hydroxyl groups excluding tert-OH is 1. The molecule has 0 radical (unpaired) electrons. The van der Waals surface area contributed by atoms with Crippen molar-refractivity contribution in [1.82, 2.24) is 4.98 Å². The van der Waals surface area contributed by atoms with Crippen LogP contribution >= 0.6 is 0 Å². The molecule has 3 heteroatoms. The van der Waals surface area contributed by atoms with Crippen molar-refractivity contribution in [2.24, 2.45) is 0 Å². The van der Waals surface area contributed by atoms with Crippen molar-refractivity contribution < 1.29 is 5.11 Å². The Hall–Kier alpha value is -1.61. The lowest BCUT2D eigenvalue weighted by Gasteiger charge is -2.04. The van der Waals surface area contributed by atoms with Crippen LogP contribution in [0, 0.1) is 0 Å². The first-order valence-corrected chi connectivity index (χ1v) is 5.13. The Morgan fingerprint density at radius 1 is 1.40 bits per heavy atom. The summed E-state index contributed by atoms with van der Waals surface area (Å²) in [6, 6.07) is 10.4. The Labute approximate surface area is 87.8 Å². The van der Waals surface area contributed by atoms with Crippen LogP contribution in [0.25, 0.3) is 10.9 Å². The summed E-state index contributed by atoms with van der Waals surface area (Å²) in [4.78, 5) is 4.53. The maximum Gasteiger partial charge on any atom is 0.130 e. The van der Waals surface area contributed by atoms with E-state index in [2.05, 4.69) is 22.4 Å². The number of nitrogens with one attached hydrogen (secondary N) is 1. The predicted octanol–water partition coefficient (Wildman–Crippen LogP) is 1.56. The van der Waals surface area contributed by atoms with Gasteiger partial charge in [-0.3, -0.25) is 0 Å². The van der Waals surface area contributed by atoms with Crippen molar-refractivity contribution in [3.05, 3.63) is 35.9 Å². The van der Waals surface area contributed by atoms with Gasteiger partial charge in [0.2, 0.25) is 0 Å². The van der Waals surface area contributed by atoms with Gasteiger partial charge in [-0.1, -0.05) is 18.2 Å². The third-order valence-corrected chi connectivity index (χ3v) is 2.83. The summed E-state index contributed by atoms with van der Waals surface area (Å²) in [5.41, 5.74) is 2.20. The van der Waals surface area contributed by atoms with E-state index >= 15 is 0 Å². The molecule has 0 spiro atoms. The zero-order valence-corrected chi connectivity index (χ0v) is 8.27. The summed E-state index contributed by atoms with van der Waals surface area (Å²) in [5, 5.41) is 13.5. The molecule has 0 fully saturated rings. The minimum atomic E-state index is 0.129. The number of aromatic nitrogens is 1. The van der Waals surface area contributed by atoms with E-state index in [1.54, 1.807) is 0 Å². The van der Waals surface area contributed by atoms with Gasteiger partial charge < -0.3 is 10.4 Å². The SMILES string of the molecule is OC[C@@H]1Cc2cc3ccccc3nc2N1. The number of pyridine rings is 1. The lowest BCUT2D eigenvalue weighted by molar-refractivity contribution is 0.277. The average molecular weight is 200 g/mol. The number of anilines is 1. The smallest absolute Gasteiger partial charge is 0.130 e. The molecular formula is C12H12N2O. The molecule has 1 atom stereocenters. The molecule has 0 saturated heterocycles. The number of rotatable bonds is 1. The molecule has 2 heterocycles. The predicted molar refractivity (Wildman–Crippen MR) is 59.9 cm³/mol. The van der Waals surface area contributed by atoms with Gasteiger partial charge in [0.25, 0.3) is 0 Å². The van der Waals surface area contributed by atoms with E-state index < -0.39 is 0 Å². The minimum Gasteiger partial charge on any atom is -0.394 e. The molecule has 0 aliphatic carbocycles. The van der Waals surface area contributed by atoms with Crippen LogP contribution in [0.5, 0.6) is 0 Å². The standard InChI is InChI=1S/C12H12N2O/c15-7-10-6-9-5-8-3-1-2-4-11(8)14-12(9)13-10/h1-5,10,15H,6-7H2,(H,13,14)/t10-/m0/s1. The summed E-state index contributed by atoms with van der Waals surface area (Å²) in [5.74, 6) is 0.924. The van der Waals surface area contributed by atoms with E-state index in [1.807, 2.05) is 18.2 Å². The van der Waals surface area contributed by atoms with Crippen molar-refractivity contribution in [3.8, 4) is 0 Å². The summed E-state index contributed by atoms with van der Waals surface area (Å²) >= 11 is 0. The number of hydrogen-bond acceptors (Lipinski definition) is 3. The topological polar surface area (TPSA) is 45.2 Å². The quantitative estimate of drug-likeness (QED) is 0.734. The maximum absolute atomic E-state index is 9.09. The third-order valence-electron chi connectivity index (χ3n) is 2.83. The summed E-state index contributed by atoms with van der Waals surface area (Å²) in [6.07, 6.45) is 0.865. The number of para-hydroxylation sites is 1. The van der Waals surface area contributed by atoms with Crippen LogP contribution < -0.4 is 5.32 Å². The van der Waals surface area contributed by atoms with Crippen molar-refractivity contribution >= 4 is 16.7 Å². The van der Waals surface area contributed by atoms with Crippen LogP contribution in [-0.2, 0) is 6.42 Å². The zero-order chi connectivity index (χ0) is 10.3. The van der Waals surface area contributed by atoms with Crippen LogP contribution in [0.4, 0.5) is 5.82 Å². The van der Waals surface area contributed by atoms with Crippen molar-refractivity contribution in [1.29, 1.82) is 0 Å². The number of benzene rings is 1. The van der Waals surface area contributed by atoms with E-state index in [4.69, 9.17) is 5.11 Å². The largest absolute Gasteiger partial charge is 0.394 e. The molecule has 1 aliphatic heterocycles. The number of aliphatic hydroxyl groups is 1. The monoisotopic (exact) mass is 200 g/mol. The highest BCUT2D eigenvalue weighted by Gasteiger charge is 2.21. The summed E-state index contributed by atoms with van der Waals surface area (Å²) < 4.78 is 0. The Balaban J connectivity index is 2.14. The normalized spacial score (nSPS) is 18.9. The van der Waals surface area contributed by atoms with Crippen LogP contribution in [0.15, 0.2) is 30.3 Å². The Morgan fingerprint density at radius 3 is 3.13 bits per heavy atom. The van der Waals surface area contributed by atoms with Crippen LogP contribution in [-0.4, -0.2) is 22.7 Å². The van der Waals surface area contributed by atoms with Gasteiger partial charge in [-0.15, -0.1) is 0 Å². The number of nitrogens with zero attached hydrogens (tertiary/aromatic N) is 1. The second-order valence-electron chi connectivity index (χ2n) is 3.92. The molecule has 0 unspecified atom stereocenters. The summed E-state index contributed by atoms with van der Waals surface area (Å²) in [7, 11) is 0.